The number of nitrogens with zero attached hydrogens (tertiary/aromatic N) is 1. The predicted molar refractivity (Wildman–Crippen MR) is 91.7 cm³/mol. The van der Waals surface area contributed by atoms with E-state index in [2.05, 4.69) is 0 Å². The van der Waals surface area contributed by atoms with Crippen molar-refractivity contribution in [2.45, 2.75) is 49.6 Å². The zero-order valence-corrected chi connectivity index (χ0v) is 16.3. The zero-order chi connectivity index (χ0) is 21.0. The van der Waals surface area contributed by atoms with Crippen molar-refractivity contribution in [3.05, 3.63) is 29.8 Å². The molecule has 0 aliphatic rings. The van der Waals surface area contributed by atoms with E-state index in [4.69, 9.17) is 4.74 Å². The highest BCUT2D eigenvalue weighted by atomic mass is 32.2. The van der Waals surface area contributed by atoms with Crippen LogP contribution in [0.4, 0.5) is 13.2 Å². The molecule has 0 aromatic heterocycles. The molecule has 0 spiro atoms. The molecule has 6 nitrogen and oxygen atoms in total. The molecule has 0 radical (unpaired) electrons. The second-order valence-electron chi connectivity index (χ2n) is 6.89. The van der Waals surface area contributed by atoms with Gasteiger partial charge in [0, 0.05) is 25.6 Å². The topological polar surface area (TPSA) is 80.8 Å². The number of hydrogen-bond donors (Lipinski definition) is 0. The lowest BCUT2D eigenvalue weighted by molar-refractivity contribution is -0.154. The number of alkyl halides is 3. The highest BCUT2D eigenvalue weighted by molar-refractivity contribution is 7.92. The Bertz CT molecular complexity index is 780. The Morgan fingerprint density at radius 1 is 1.07 bits per heavy atom. The molecule has 152 valence electrons. The van der Waals surface area contributed by atoms with Crippen LogP contribution in [-0.4, -0.2) is 49.9 Å². The van der Waals surface area contributed by atoms with Gasteiger partial charge in [0.25, 0.3) is 15.7 Å². The van der Waals surface area contributed by atoms with Crippen LogP contribution in [0.15, 0.2) is 29.2 Å². The van der Waals surface area contributed by atoms with Gasteiger partial charge in [0.05, 0.1) is 4.90 Å². The summed E-state index contributed by atoms with van der Waals surface area (Å²) >= 11 is 0. The van der Waals surface area contributed by atoms with Crippen LogP contribution in [0.3, 0.4) is 0 Å². The number of hydrogen-bond acceptors (Lipinski definition) is 5. The quantitative estimate of drug-likeness (QED) is 0.674. The molecule has 1 amide bonds. The van der Waals surface area contributed by atoms with Crippen molar-refractivity contribution in [3.8, 4) is 0 Å². The standard InChI is InChI=1S/C17H22F3NO5S/c1-16(2,3)26-14(22)6-5-11-21(4)15(23)12-7-9-13(10-8-12)27(24,25)17(18,19)20/h7-10H,5-6,11H2,1-4H3. The van der Waals surface area contributed by atoms with Crippen LogP contribution in [0.5, 0.6) is 0 Å². The van der Waals surface area contributed by atoms with E-state index in [1.807, 2.05) is 0 Å². The number of carbonyl (C=O) groups excluding carboxylic acids is 2. The fourth-order valence-corrected chi connectivity index (χ4v) is 2.85. The van der Waals surface area contributed by atoms with E-state index in [0.29, 0.717) is 6.42 Å². The number of benzene rings is 1. The van der Waals surface area contributed by atoms with Gasteiger partial charge in [0.2, 0.25) is 0 Å². The van der Waals surface area contributed by atoms with Gasteiger partial charge in [-0.15, -0.1) is 0 Å². The highest BCUT2D eigenvalue weighted by Gasteiger charge is 2.46. The molecule has 1 aromatic carbocycles. The Balaban J connectivity index is 2.68. The Morgan fingerprint density at radius 2 is 1.59 bits per heavy atom. The second-order valence-corrected chi connectivity index (χ2v) is 8.83. The third kappa shape index (κ3) is 6.53. The Hall–Kier alpha value is -2.10. The monoisotopic (exact) mass is 409 g/mol. The second kappa shape index (κ2) is 8.28. The van der Waals surface area contributed by atoms with Crippen molar-refractivity contribution in [1.82, 2.24) is 4.90 Å². The molecule has 0 saturated carbocycles. The maximum absolute atomic E-state index is 12.5. The van der Waals surface area contributed by atoms with Crippen LogP contribution in [0.2, 0.25) is 0 Å². The lowest BCUT2D eigenvalue weighted by Gasteiger charge is -2.20. The average molecular weight is 409 g/mol. The van der Waals surface area contributed by atoms with Gasteiger partial charge in [0.1, 0.15) is 5.60 Å². The molecule has 0 saturated heterocycles. The van der Waals surface area contributed by atoms with Crippen molar-refractivity contribution in [2.24, 2.45) is 0 Å². The summed E-state index contributed by atoms with van der Waals surface area (Å²) in [5.74, 6) is -0.903. The zero-order valence-electron chi connectivity index (χ0n) is 15.5. The van der Waals surface area contributed by atoms with Crippen LogP contribution in [-0.2, 0) is 19.4 Å². The van der Waals surface area contributed by atoms with Crippen LogP contribution in [0.25, 0.3) is 0 Å². The normalized spacial score (nSPS) is 12.6. The summed E-state index contributed by atoms with van der Waals surface area (Å²) in [6.07, 6.45) is 0.454. The molecular weight excluding hydrogens is 387 g/mol. The Labute approximate surface area is 156 Å². The van der Waals surface area contributed by atoms with E-state index in [0.717, 1.165) is 24.3 Å². The van der Waals surface area contributed by atoms with E-state index in [1.165, 1.54) is 11.9 Å². The van der Waals surface area contributed by atoms with Gasteiger partial charge < -0.3 is 9.64 Å². The van der Waals surface area contributed by atoms with Crippen LogP contribution >= 0.6 is 0 Å². The van der Waals surface area contributed by atoms with Crippen LogP contribution in [0, 0.1) is 0 Å². The summed E-state index contributed by atoms with van der Waals surface area (Å²) in [7, 11) is -3.98. The fraction of sp³-hybridized carbons (Fsp3) is 0.529. The number of rotatable bonds is 6. The molecule has 0 aliphatic carbocycles. The molecule has 0 N–H and O–H groups in total. The van der Waals surface area contributed by atoms with Crippen molar-refractivity contribution in [3.63, 3.8) is 0 Å². The summed E-state index contributed by atoms with van der Waals surface area (Å²) in [6, 6.07) is 3.52. The van der Waals surface area contributed by atoms with Crippen LogP contribution < -0.4 is 0 Å². The Morgan fingerprint density at radius 3 is 2.04 bits per heavy atom. The summed E-state index contributed by atoms with van der Waals surface area (Å²) in [5.41, 5.74) is -5.97. The van der Waals surface area contributed by atoms with Crippen LogP contribution in [0.1, 0.15) is 44.0 Å². The van der Waals surface area contributed by atoms with Gasteiger partial charge in [0.15, 0.2) is 0 Å². The smallest absolute Gasteiger partial charge is 0.460 e. The number of amides is 1. The number of sulfone groups is 1. The predicted octanol–water partition coefficient (Wildman–Crippen LogP) is 3.17. The van der Waals surface area contributed by atoms with E-state index in [-0.39, 0.29) is 18.5 Å². The minimum atomic E-state index is -5.45. The third-order valence-electron chi connectivity index (χ3n) is 3.36. The first-order chi connectivity index (χ1) is 12.1. The molecular formula is C17H22F3NO5S. The molecule has 1 aromatic rings. The minimum Gasteiger partial charge on any atom is -0.460 e. The van der Waals surface area contributed by atoms with Gasteiger partial charge in [-0.3, -0.25) is 9.59 Å². The van der Waals surface area contributed by atoms with E-state index >= 15 is 0 Å². The Kier molecular flexibility index (Phi) is 7.04. The van der Waals surface area contributed by atoms with Crippen molar-refractivity contribution in [1.29, 1.82) is 0 Å². The first-order valence-electron chi connectivity index (χ1n) is 8.04. The molecule has 0 aliphatic heterocycles. The molecule has 0 bridgehead atoms. The lowest BCUT2D eigenvalue weighted by atomic mass is 10.2. The molecule has 1 rings (SSSR count). The molecule has 10 heteroatoms. The largest absolute Gasteiger partial charge is 0.501 e. The maximum Gasteiger partial charge on any atom is 0.501 e. The first kappa shape index (κ1) is 22.9. The highest BCUT2D eigenvalue weighted by Crippen LogP contribution is 2.30. The van der Waals surface area contributed by atoms with Gasteiger partial charge in [-0.2, -0.15) is 13.2 Å². The van der Waals surface area contributed by atoms with Gasteiger partial charge in [-0.25, -0.2) is 8.42 Å². The van der Waals surface area contributed by atoms with Gasteiger partial charge in [-0.1, -0.05) is 0 Å². The fourth-order valence-electron chi connectivity index (χ4n) is 2.09. The number of halogens is 3. The van der Waals surface area contributed by atoms with E-state index in [1.54, 1.807) is 20.8 Å². The van der Waals surface area contributed by atoms with Crippen molar-refractivity contribution in [2.75, 3.05) is 13.6 Å². The number of ether oxygens (including phenoxy) is 1. The summed E-state index contributed by atoms with van der Waals surface area (Å²) in [6.45, 7) is 5.44. The van der Waals surface area contributed by atoms with Crippen molar-refractivity contribution < 1.29 is 35.9 Å². The molecule has 0 unspecified atom stereocenters. The van der Waals surface area contributed by atoms with Gasteiger partial charge in [-0.05, 0) is 51.5 Å². The molecule has 0 atom stereocenters. The van der Waals surface area contributed by atoms with Gasteiger partial charge >= 0.3 is 11.5 Å². The number of carbonyl (C=O) groups is 2. The average Bonchev–Trinajstić information content (AvgIpc) is 2.51. The van der Waals surface area contributed by atoms with E-state index < -0.39 is 37.7 Å². The molecule has 27 heavy (non-hydrogen) atoms. The molecule has 0 fully saturated rings. The summed E-state index contributed by atoms with van der Waals surface area (Å²) in [4.78, 5) is 24.2. The summed E-state index contributed by atoms with van der Waals surface area (Å²) in [5, 5.41) is 0. The third-order valence-corrected chi connectivity index (χ3v) is 4.86. The lowest BCUT2D eigenvalue weighted by Crippen LogP contribution is -2.29. The SMILES string of the molecule is CN(CCCC(=O)OC(C)(C)C)C(=O)c1ccc(S(=O)(=O)C(F)(F)F)cc1. The number of esters is 1. The van der Waals surface area contributed by atoms with Crippen molar-refractivity contribution >= 4 is 21.7 Å². The summed E-state index contributed by atoms with van der Waals surface area (Å²) < 4.78 is 65.3. The first-order valence-corrected chi connectivity index (χ1v) is 9.52. The molecule has 0 heterocycles. The van der Waals surface area contributed by atoms with E-state index in [9.17, 15) is 31.2 Å². The maximum atomic E-state index is 12.5. The minimum absolute atomic E-state index is 0.0379.